The number of benzene rings is 1. The first kappa shape index (κ1) is 19.7. The van der Waals surface area contributed by atoms with E-state index in [0.717, 1.165) is 24.8 Å². The van der Waals surface area contributed by atoms with Gasteiger partial charge in [-0.25, -0.2) is 13.2 Å². The van der Waals surface area contributed by atoms with Gasteiger partial charge in [0.2, 0.25) is 10.0 Å². The highest BCUT2D eigenvalue weighted by Crippen LogP contribution is 2.28. The van der Waals surface area contributed by atoms with Crippen LogP contribution >= 0.6 is 0 Å². The van der Waals surface area contributed by atoms with Gasteiger partial charge in [0.15, 0.2) is 0 Å². The molecule has 140 valence electrons. The van der Waals surface area contributed by atoms with Crippen molar-refractivity contribution in [2.24, 2.45) is 0 Å². The molecule has 1 amide bonds. The van der Waals surface area contributed by atoms with Gasteiger partial charge in [0.1, 0.15) is 11.3 Å². The Morgan fingerprint density at radius 1 is 1.08 bits per heavy atom. The number of nitrogens with one attached hydrogen (secondary N) is 2. The third-order valence-corrected chi connectivity index (χ3v) is 5.66. The first-order valence-electron chi connectivity index (χ1n) is 8.63. The minimum absolute atomic E-state index is 0.189. The van der Waals surface area contributed by atoms with Crippen molar-refractivity contribution in [1.82, 2.24) is 10.0 Å². The van der Waals surface area contributed by atoms with Crippen LogP contribution in [0.1, 0.15) is 58.4 Å². The number of aryl methyl sites for hydroxylation is 1. The molecule has 1 aliphatic carbocycles. The Labute approximate surface area is 150 Å². The standard InChI is InChI=1S/C18H28N2O4S/c1-14-8-10-15(11-9-14)25(22,23)20-18(12-6-5-7-13-18)19-16(21)24-17(2,3)4/h8-11,20H,5-7,12-13H2,1-4H3,(H,19,21). The molecule has 25 heavy (non-hydrogen) atoms. The van der Waals surface area contributed by atoms with Gasteiger partial charge in [0, 0.05) is 0 Å². The van der Waals surface area contributed by atoms with Gasteiger partial charge in [0.05, 0.1) is 4.90 Å². The topological polar surface area (TPSA) is 84.5 Å². The summed E-state index contributed by atoms with van der Waals surface area (Å²) in [4.78, 5) is 12.4. The normalized spacial score (nSPS) is 17.8. The maximum absolute atomic E-state index is 12.8. The number of amides is 1. The van der Waals surface area contributed by atoms with E-state index in [4.69, 9.17) is 4.74 Å². The van der Waals surface area contributed by atoms with Gasteiger partial charge >= 0.3 is 6.09 Å². The molecule has 2 rings (SSSR count). The predicted molar refractivity (Wildman–Crippen MR) is 96.7 cm³/mol. The van der Waals surface area contributed by atoms with Crippen molar-refractivity contribution in [2.75, 3.05) is 0 Å². The third-order valence-electron chi connectivity index (χ3n) is 4.11. The number of rotatable bonds is 4. The molecule has 2 N–H and O–H groups in total. The van der Waals surface area contributed by atoms with Gasteiger partial charge in [-0.3, -0.25) is 0 Å². The Balaban J connectivity index is 2.22. The van der Waals surface area contributed by atoms with E-state index in [1.54, 1.807) is 45.0 Å². The van der Waals surface area contributed by atoms with Crippen molar-refractivity contribution in [3.05, 3.63) is 29.8 Å². The number of carbonyl (C=O) groups is 1. The Morgan fingerprint density at radius 3 is 2.16 bits per heavy atom. The molecule has 0 bridgehead atoms. The lowest BCUT2D eigenvalue weighted by atomic mass is 9.90. The van der Waals surface area contributed by atoms with Crippen molar-refractivity contribution in [2.45, 2.75) is 76.0 Å². The second-order valence-corrected chi connectivity index (χ2v) is 9.37. The number of hydrogen-bond acceptors (Lipinski definition) is 4. The second-order valence-electron chi connectivity index (χ2n) is 7.69. The van der Waals surface area contributed by atoms with Crippen LogP contribution < -0.4 is 10.0 Å². The molecule has 1 aliphatic rings. The largest absolute Gasteiger partial charge is 0.444 e. The van der Waals surface area contributed by atoms with Gasteiger partial charge in [-0.15, -0.1) is 0 Å². The summed E-state index contributed by atoms with van der Waals surface area (Å²) < 4.78 is 33.6. The number of carbonyl (C=O) groups excluding carboxylic acids is 1. The molecule has 0 aliphatic heterocycles. The maximum Gasteiger partial charge on any atom is 0.409 e. The highest BCUT2D eigenvalue weighted by Gasteiger charge is 2.39. The summed E-state index contributed by atoms with van der Waals surface area (Å²) in [6.07, 6.45) is 3.16. The molecule has 0 unspecified atom stereocenters. The summed E-state index contributed by atoms with van der Waals surface area (Å²) in [5.41, 5.74) is -0.668. The van der Waals surface area contributed by atoms with Crippen LogP contribution in [-0.4, -0.2) is 25.8 Å². The van der Waals surface area contributed by atoms with Crippen LogP contribution in [0, 0.1) is 6.92 Å². The zero-order valence-corrected chi connectivity index (χ0v) is 16.2. The van der Waals surface area contributed by atoms with E-state index in [1.807, 2.05) is 6.92 Å². The maximum atomic E-state index is 12.8. The van der Waals surface area contributed by atoms with Crippen molar-refractivity contribution in [1.29, 1.82) is 0 Å². The monoisotopic (exact) mass is 368 g/mol. The molecule has 6 nitrogen and oxygen atoms in total. The van der Waals surface area contributed by atoms with Gasteiger partial charge < -0.3 is 10.1 Å². The highest BCUT2D eigenvalue weighted by atomic mass is 32.2. The Kier molecular flexibility index (Phi) is 5.79. The smallest absolute Gasteiger partial charge is 0.409 e. The van der Waals surface area contributed by atoms with Gasteiger partial charge in [-0.2, -0.15) is 4.72 Å². The van der Waals surface area contributed by atoms with Crippen LogP contribution in [0.25, 0.3) is 0 Å². The summed E-state index contributed by atoms with van der Waals surface area (Å²) in [6, 6.07) is 6.65. The SMILES string of the molecule is Cc1ccc(S(=O)(=O)NC2(NC(=O)OC(C)(C)C)CCCCC2)cc1. The molecular weight excluding hydrogens is 340 g/mol. The van der Waals surface area contributed by atoms with Crippen LogP contribution in [-0.2, 0) is 14.8 Å². The number of alkyl carbamates (subject to hydrolysis) is 1. The van der Waals surface area contributed by atoms with Crippen LogP contribution in [0.2, 0.25) is 0 Å². The summed E-state index contributed by atoms with van der Waals surface area (Å²) >= 11 is 0. The molecule has 0 saturated heterocycles. The Hall–Kier alpha value is -1.60. The van der Waals surface area contributed by atoms with E-state index in [9.17, 15) is 13.2 Å². The second kappa shape index (κ2) is 7.33. The van der Waals surface area contributed by atoms with Crippen LogP contribution in [0.5, 0.6) is 0 Å². The van der Waals surface area contributed by atoms with Crippen LogP contribution in [0.4, 0.5) is 4.79 Å². The molecule has 7 heteroatoms. The first-order chi connectivity index (χ1) is 11.5. The predicted octanol–water partition coefficient (Wildman–Crippen LogP) is 3.46. The Bertz CT molecular complexity index is 700. The molecule has 1 aromatic rings. The molecule has 1 fully saturated rings. The fourth-order valence-corrected chi connectivity index (χ4v) is 4.32. The average molecular weight is 368 g/mol. The lowest BCUT2D eigenvalue weighted by molar-refractivity contribution is 0.0414. The summed E-state index contributed by atoms with van der Waals surface area (Å²) in [5.74, 6) is 0. The van der Waals surface area contributed by atoms with Gasteiger partial charge in [0.25, 0.3) is 0 Å². The number of ether oxygens (including phenoxy) is 1. The zero-order valence-electron chi connectivity index (χ0n) is 15.4. The number of sulfonamides is 1. The molecule has 0 aromatic heterocycles. The quantitative estimate of drug-likeness (QED) is 0.797. The number of hydrogen-bond donors (Lipinski definition) is 2. The Morgan fingerprint density at radius 2 is 1.64 bits per heavy atom. The molecule has 1 saturated carbocycles. The zero-order chi connectivity index (χ0) is 18.7. The molecular formula is C18H28N2O4S. The third kappa shape index (κ3) is 5.71. The van der Waals surface area contributed by atoms with Crippen LogP contribution in [0.15, 0.2) is 29.2 Å². The first-order valence-corrected chi connectivity index (χ1v) is 10.1. The van der Waals surface area contributed by atoms with Crippen molar-refractivity contribution in [3.63, 3.8) is 0 Å². The molecule has 0 radical (unpaired) electrons. The minimum Gasteiger partial charge on any atom is -0.444 e. The molecule has 0 heterocycles. The summed E-state index contributed by atoms with van der Waals surface area (Å²) in [7, 11) is -3.74. The van der Waals surface area contributed by atoms with Gasteiger partial charge in [-0.1, -0.05) is 24.1 Å². The van der Waals surface area contributed by atoms with E-state index in [-0.39, 0.29) is 4.90 Å². The van der Waals surface area contributed by atoms with Gasteiger partial charge in [-0.05, 0) is 65.5 Å². The summed E-state index contributed by atoms with van der Waals surface area (Å²) in [5, 5.41) is 2.77. The van der Waals surface area contributed by atoms with E-state index < -0.39 is 27.4 Å². The van der Waals surface area contributed by atoms with E-state index in [2.05, 4.69) is 10.0 Å². The fraction of sp³-hybridized carbons (Fsp3) is 0.611. The molecule has 1 aromatic carbocycles. The minimum atomic E-state index is -3.74. The average Bonchev–Trinajstić information content (AvgIpc) is 2.45. The van der Waals surface area contributed by atoms with Crippen molar-refractivity contribution < 1.29 is 17.9 Å². The molecule has 0 spiro atoms. The van der Waals surface area contributed by atoms with E-state index >= 15 is 0 Å². The fourth-order valence-electron chi connectivity index (χ4n) is 2.94. The van der Waals surface area contributed by atoms with E-state index in [1.165, 1.54) is 0 Å². The lowest BCUT2D eigenvalue weighted by Gasteiger charge is -2.38. The summed E-state index contributed by atoms with van der Waals surface area (Å²) in [6.45, 7) is 7.22. The van der Waals surface area contributed by atoms with Crippen molar-refractivity contribution >= 4 is 16.1 Å². The highest BCUT2D eigenvalue weighted by molar-refractivity contribution is 7.89. The molecule has 0 atom stereocenters. The lowest BCUT2D eigenvalue weighted by Crippen LogP contribution is -2.61. The van der Waals surface area contributed by atoms with Crippen LogP contribution in [0.3, 0.4) is 0 Å². The van der Waals surface area contributed by atoms with E-state index in [0.29, 0.717) is 12.8 Å². The van der Waals surface area contributed by atoms with Crippen molar-refractivity contribution in [3.8, 4) is 0 Å².